The molecule has 1 aliphatic heterocycles. The molecule has 1 aromatic carbocycles. The van der Waals surface area contributed by atoms with Gasteiger partial charge in [-0.1, -0.05) is 18.2 Å². The highest BCUT2D eigenvalue weighted by Gasteiger charge is 2.16. The Morgan fingerprint density at radius 2 is 2.19 bits per heavy atom. The topological polar surface area (TPSA) is 49.5 Å². The fourth-order valence-corrected chi connectivity index (χ4v) is 2.27. The van der Waals surface area contributed by atoms with Gasteiger partial charge < -0.3 is 15.7 Å². The second-order valence-electron chi connectivity index (χ2n) is 4.40. The van der Waals surface area contributed by atoms with E-state index in [-0.39, 0.29) is 6.10 Å². The van der Waals surface area contributed by atoms with Crippen LogP contribution in [-0.4, -0.2) is 30.8 Å². The quantitative estimate of drug-likeness (QED) is 0.800. The van der Waals surface area contributed by atoms with Gasteiger partial charge in [0.1, 0.15) is 0 Å². The average molecular weight is 220 g/mol. The molecule has 1 aromatic rings. The molecule has 1 heterocycles. The molecule has 0 saturated heterocycles. The van der Waals surface area contributed by atoms with E-state index in [2.05, 4.69) is 29.2 Å². The van der Waals surface area contributed by atoms with Crippen molar-refractivity contribution in [1.82, 2.24) is 0 Å². The second kappa shape index (κ2) is 5.32. The highest BCUT2D eigenvalue weighted by atomic mass is 16.3. The van der Waals surface area contributed by atoms with Crippen molar-refractivity contribution < 1.29 is 5.11 Å². The number of nitrogens with zero attached hydrogens (tertiary/aromatic N) is 1. The van der Waals surface area contributed by atoms with Crippen molar-refractivity contribution in [3.8, 4) is 0 Å². The lowest BCUT2D eigenvalue weighted by Gasteiger charge is -2.31. The Morgan fingerprint density at radius 1 is 1.38 bits per heavy atom. The molecule has 3 N–H and O–H groups in total. The Kier molecular flexibility index (Phi) is 3.80. The van der Waals surface area contributed by atoms with E-state index in [9.17, 15) is 5.11 Å². The third kappa shape index (κ3) is 2.54. The van der Waals surface area contributed by atoms with Gasteiger partial charge in [-0.15, -0.1) is 0 Å². The lowest BCUT2D eigenvalue weighted by molar-refractivity contribution is 0.174. The van der Waals surface area contributed by atoms with Gasteiger partial charge in [0.15, 0.2) is 0 Å². The van der Waals surface area contributed by atoms with Crippen LogP contribution in [0.15, 0.2) is 24.3 Å². The Bertz CT molecular complexity index is 340. The normalized spacial score (nSPS) is 17.0. The first-order valence-electron chi connectivity index (χ1n) is 6.02. The van der Waals surface area contributed by atoms with Crippen LogP contribution in [0.1, 0.15) is 18.4 Å². The van der Waals surface area contributed by atoms with Gasteiger partial charge in [0.05, 0.1) is 6.10 Å². The smallest absolute Gasteiger partial charge is 0.0679 e. The van der Waals surface area contributed by atoms with E-state index < -0.39 is 0 Å². The van der Waals surface area contributed by atoms with E-state index in [1.54, 1.807) is 0 Å². The Labute approximate surface area is 96.9 Å². The zero-order chi connectivity index (χ0) is 11.4. The summed E-state index contributed by atoms with van der Waals surface area (Å²) in [5, 5.41) is 9.48. The monoisotopic (exact) mass is 220 g/mol. The molecule has 0 bridgehead atoms. The summed E-state index contributed by atoms with van der Waals surface area (Å²) < 4.78 is 0. The van der Waals surface area contributed by atoms with Crippen LogP contribution >= 0.6 is 0 Å². The predicted octanol–water partition coefficient (Wildman–Crippen LogP) is 1.15. The molecule has 0 saturated carbocycles. The zero-order valence-electron chi connectivity index (χ0n) is 9.60. The van der Waals surface area contributed by atoms with Crippen molar-refractivity contribution >= 4 is 5.69 Å². The molecule has 0 aromatic heterocycles. The van der Waals surface area contributed by atoms with Crippen molar-refractivity contribution in [2.75, 3.05) is 24.5 Å². The summed E-state index contributed by atoms with van der Waals surface area (Å²) in [7, 11) is 0. The van der Waals surface area contributed by atoms with Gasteiger partial charge in [-0.2, -0.15) is 0 Å². The van der Waals surface area contributed by atoms with Gasteiger partial charge in [-0.3, -0.25) is 0 Å². The maximum absolute atomic E-state index is 9.48. The number of aliphatic hydroxyl groups is 1. The molecular formula is C13H20N2O. The van der Waals surface area contributed by atoms with E-state index in [1.165, 1.54) is 24.1 Å². The van der Waals surface area contributed by atoms with Crippen LogP contribution in [-0.2, 0) is 6.42 Å². The number of nitrogens with two attached hydrogens (primary N) is 1. The summed E-state index contributed by atoms with van der Waals surface area (Å²) in [5.41, 5.74) is 8.17. The minimum atomic E-state index is -0.367. The first-order chi connectivity index (χ1) is 7.81. The molecule has 16 heavy (non-hydrogen) atoms. The number of aryl methyl sites for hydroxylation is 1. The lowest BCUT2D eigenvalue weighted by Crippen LogP contribution is -2.33. The molecule has 0 amide bonds. The van der Waals surface area contributed by atoms with Gasteiger partial charge in [0.25, 0.3) is 0 Å². The zero-order valence-corrected chi connectivity index (χ0v) is 9.60. The molecule has 88 valence electrons. The summed E-state index contributed by atoms with van der Waals surface area (Å²) in [6.07, 6.45) is 2.77. The Morgan fingerprint density at radius 3 is 3.00 bits per heavy atom. The molecule has 0 spiro atoms. The first-order valence-corrected chi connectivity index (χ1v) is 6.02. The largest absolute Gasteiger partial charge is 0.392 e. The third-order valence-corrected chi connectivity index (χ3v) is 3.21. The number of aliphatic hydroxyl groups excluding tert-OH is 1. The van der Waals surface area contributed by atoms with Gasteiger partial charge >= 0.3 is 0 Å². The van der Waals surface area contributed by atoms with E-state index >= 15 is 0 Å². The van der Waals surface area contributed by atoms with Crippen molar-refractivity contribution in [1.29, 1.82) is 0 Å². The lowest BCUT2D eigenvalue weighted by atomic mass is 10.0. The molecule has 1 atom stereocenters. The van der Waals surface area contributed by atoms with E-state index in [0.29, 0.717) is 6.54 Å². The van der Waals surface area contributed by atoms with Crippen LogP contribution in [0.5, 0.6) is 0 Å². The van der Waals surface area contributed by atoms with Crippen LogP contribution in [0.3, 0.4) is 0 Å². The molecule has 1 unspecified atom stereocenters. The number of para-hydroxylation sites is 1. The van der Waals surface area contributed by atoms with Gasteiger partial charge in [0.2, 0.25) is 0 Å². The Hall–Kier alpha value is -1.06. The van der Waals surface area contributed by atoms with E-state index in [1.807, 2.05) is 0 Å². The van der Waals surface area contributed by atoms with Crippen LogP contribution in [0.4, 0.5) is 5.69 Å². The number of hydrogen-bond donors (Lipinski definition) is 2. The molecule has 0 fully saturated rings. The van der Waals surface area contributed by atoms with Crippen LogP contribution in [0.2, 0.25) is 0 Å². The molecular weight excluding hydrogens is 200 g/mol. The minimum Gasteiger partial charge on any atom is -0.392 e. The van der Waals surface area contributed by atoms with Crippen LogP contribution in [0, 0.1) is 0 Å². The third-order valence-electron chi connectivity index (χ3n) is 3.21. The highest BCUT2D eigenvalue weighted by molar-refractivity contribution is 5.55. The molecule has 0 aliphatic carbocycles. The number of rotatable bonds is 4. The van der Waals surface area contributed by atoms with Crippen molar-refractivity contribution in [2.24, 2.45) is 5.73 Å². The van der Waals surface area contributed by atoms with Crippen LogP contribution < -0.4 is 10.6 Å². The molecule has 0 radical (unpaired) electrons. The standard InChI is InChI=1S/C13H20N2O/c14-10-12(16)7-9-15-8-3-5-11-4-1-2-6-13(11)15/h1-2,4,6,12,16H,3,5,7-10,14H2. The van der Waals surface area contributed by atoms with Gasteiger partial charge in [-0.25, -0.2) is 0 Å². The highest BCUT2D eigenvalue weighted by Crippen LogP contribution is 2.26. The van der Waals surface area contributed by atoms with Gasteiger partial charge in [-0.05, 0) is 30.9 Å². The fraction of sp³-hybridized carbons (Fsp3) is 0.538. The number of fused-ring (bicyclic) bond motifs is 1. The predicted molar refractivity (Wildman–Crippen MR) is 66.7 cm³/mol. The summed E-state index contributed by atoms with van der Waals surface area (Å²) >= 11 is 0. The van der Waals surface area contributed by atoms with Crippen LogP contribution in [0.25, 0.3) is 0 Å². The first kappa shape index (κ1) is 11.4. The number of anilines is 1. The summed E-state index contributed by atoms with van der Waals surface area (Å²) in [5.74, 6) is 0. The van der Waals surface area contributed by atoms with Crippen molar-refractivity contribution in [2.45, 2.75) is 25.4 Å². The SMILES string of the molecule is NCC(O)CCN1CCCc2ccccc21. The van der Waals surface area contributed by atoms with Crippen molar-refractivity contribution in [3.63, 3.8) is 0 Å². The molecule has 3 heteroatoms. The fourth-order valence-electron chi connectivity index (χ4n) is 2.27. The minimum absolute atomic E-state index is 0.357. The maximum Gasteiger partial charge on any atom is 0.0679 e. The van der Waals surface area contributed by atoms with E-state index in [4.69, 9.17) is 5.73 Å². The van der Waals surface area contributed by atoms with Crippen molar-refractivity contribution in [3.05, 3.63) is 29.8 Å². The van der Waals surface area contributed by atoms with Gasteiger partial charge in [0, 0.05) is 25.3 Å². The average Bonchev–Trinajstić information content (AvgIpc) is 2.35. The second-order valence-corrected chi connectivity index (χ2v) is 4.40. The number of hydrogen-bond acceptors (Lipinski definition) is 3. The van der Waals surface area contributed by atoms with E-state index in [0.717, 1.165) is 19.5 Å². The molecule has 1 aliphatic rings. The summed E-state index contributed by atoms with van der Waals surface area (Å²) in [6.45, 7) is 2.35. The number of benzene rings is 1. The Balaban J connectivity index is 2.01. The molecule has 3 nitrogen and oxygen atoms in total. The summed E-state index contributed by atoms with van der Waals surface area (Å²) in [4.78, 5) is 2.36. The summed E-state index contributed by atoms with van der Waals surface area (Å²) in [6, 6.07) is 8.54. The maximum atomic E-state index is 9.48. The molecule has 2 rings (SSSR count).